The molecule has 0 atom stereocenters. The van der Waals surface area contributed by atoms with E-state index >= 15 is 0 Å². The Bertz CT molecular complexity index is 1200. The first kappa shape index (κ1) is 17.2. The zero-order valence-corrected chi connectivity index (χ0v) is 15.3. The van der Waals surface area contributed by atoms with E-state index in [2.05, 4.69) is 15.4 Å². The molecule has 4 aromatic rings. The quantitative estimate of drug-likeness (QED) is 0.575. The van der Waals surface area contributed by atoms with Gasteiger partial charge in [-0.05, 0) is 30.3 Å². The Labute approximate surface area is 158 Å². The van der Waals surface area contributed by atoms with E-state index in [1.165, 1.54) is 17.5 Å². The Morgan fingerprint density at radius 2 is 2.11 bits per heavy atom. The summed E-state index contributed by atoms with van der Waals surface area (Å²) in [5, 5.41) is 8.09. The number of para-hydroxylation sites is 1. The predicted octanol–water partition coefficient (Wildman–Crippen LogP) is 3.04. The van der Waals surface area contributed by atoms with Gasteiger partial charge in [0.25, 0.3) is 0 Å². The first-order valence-corrected chi connectivity index (χ1v) is 9.15. The van der Waals surface area contributed by atoms with Crippen LogP contribution in [0.1, 0.15) is 6.42 Å². The van der Waals surface area contributed by atoms with Crippen molar-refractivity contribution in [2.24, 2.45) is 0 Å². The molecule has 4 rings (SSSR count). The Morgan fingerprint density at radius 3 is 2.96 bits per heavy atom. The van der Waals surface area contributed by atoms with Crippen LogP contribution in [0, 0.1) is 0 Å². The molecule has 136 valence electrons. The van der Waals surface area contributed by atoms with Crippen molar-refractivity contribution in [2.75, 3.05) is 12.4 Å². The lowest BCUT2D eigenvalue weighted by Gasteiger charge is -2.08. The number of nitrogens with zero attached hydrogens (tertiary/aromatic N) is 3. The Kier molecular flexibility index (Phi) is 4.55. The minimum atomic E-state index is -0.161. The number of rotatable bonds is 5. The number of benzene rings is 2. The van der Waals surface area contributed by atoms with Crippen LogP contribution in [0.3, 0.4) is 0 Å². The summed E-state index contributed by atoms with van der Waals surface area (Å²) in [5.74, 6) is 0.589. The van der Waals surface area contributed by atoms with Crippen molar-refractivity contribution in [3.05, 3.63) is 58.9 Å². The van der Waals surface area contributed by atoms with Crippen LogP contribution in [0.15, 0.2) is 53.5 Å². The van der Waals surface area contributed by atoms with Gasteiger partial charge in [-0.3, -0.25) is 14.3 Å². The van der Waals surface area contributed by atoms with Crippen LogP contribution >= 0.6 is 11.3 Å². The van der Waals surface area contributed by atoms with Gasteiger partial charge in [0.05, 0.1) is 35.6 Å². The maximum absolute atomic E-state index is 12.3. The normalized spacial score (nSPS) is 11.0. The van der Waals surface area contributed by atoms with Crippen molar-refractivity contribution >= 4 is 43.5 Å². The molecule has 0 unspecified atom stereocenters. The van der Waals surface area contributed by atoms with E-state index in [4.69, 9.17) is 4.74 Å². The summed E-state index contributed by atoms with van der Waals surface area (Å²) < 4.78 is 7.81. The molecule has 2 aromatic heterocycles. The van der Waals surface area contributed by atoms with Crippen LogP contribution in [-0.2, 0) is 11.3 Å². The zero-order valence-electron chi connectivity index (χ0n) is 14.5. The minimum Gasteiger partial charge on any atom is -0.497 e. The van der Waals surface area contributed by atoms with E-state index in [1.807, 2.05) is 36.4 Å². The third-order valence-electron chi connectivity index (χ3n) is 4.15. The first-order chi connectivity index (χ1) is 13.1. The minimum absolute atomic E-state index is 0.129. The summed E-state index contributed by atoms with van der Waals surface area (Å²) >= 11 is 1.39. The van der Waals surface area contributed by atoms with E-state index in [0.29, 0.717) is 22.6 Å². The molecule has 0 aliphatic carbocycles. The van der Waals surface area contributed by atoms with Gasteiger partial charge in [-0.2, -0.15) is 5.10 Å². The van der Waals surface area contributed by atoms with Gasteiger partial charge in [0.1, 0.15) is 5.75 Å². The van der Waals surface area contributed by atoms with Gasteiger partial charge >= 0.3 is 0 Å². The number of ether oxygens (including phenoxy) is 1. The van der Waals surface area contributed by atoms with Crippen LogP contribution in [-0.4, -0.2) is 27.8 Å². The summed E-state index contributed by atoms with van der Waals surface area (Å²) in [6.45, 7) is 0.366. The number of aromatic nitrogens is 3. The summed E-state index contributed by atoms with van der Waals surface area (Å²) in [5.41, 5.74) is 1.39. The van der Waals surface area contributed by atoms with Crippen LogP contribution in [0.2, 0.25) is 0 Å². The van der Waals surface area contributed by atoms with E-state index in [1.54, 1.807) is 17.9 Å². The molecule has 0 aliphatic rings. The number of hydrogen-bond acceptors (Lipinski definition) is 6. The number of methoxy groups -OCH3 is 1. The lowest BCUT2D eigenvalue weighted by atomic mass is 10.2. The van der Waals surface area contributed by atoms with Crippen molar-refractivity contribution in [3.63, 3.8) is 0 Å². The molecule has 0 bridgehead atoms. The first-order valence-electron chi connectivity index (χ1n) is 8.33. The summed E-state index contributed by atoms with van der Waals surface area (Å²) in [4.78, 5) is 28.6. The highest BCUT2D eigenvalue weighted by molar-refractivity contribution is 7.22. The van der Waals surface area contributed by atoms with Gasteiger partial charge in [0.15, 0.2) is 5.13 Å². The highest BCUT2D eigenvalue weighted by Crippen LogP contribution is 2.29. The third-order valence-corrected chi connectivity index (χ3v) is 5.09. The number of nitrogens with one attached hydrogen (secondary N) is 1. The van der Waals surface area contributed by atoms with Crippen molar-refractivity contribution in [1.29, 1.82) is 0 Å². The van der Waals surface area contributed by atoms with Crippen molar-refractivity contribution in [1.82, 2.24) is 14.8 Å². The molecule has 0 saturated heterocycles. The summed E-state index contributed by atoms with van der Waals surface area (Å²) in [6.07, 6.45) is 1.50. The molecule has 2 heterocycles. The Balaban J connectivity index is 1.47. The molecule has 0 saturated carbocycles. The second-order valence-electron chi connectivity index (χ2n) is 5.90. The van der Waals surface area contributed by atoms with Crippen LogP contribution in [0.5, 0.6) is 5.75 Å². The molecule has 0 spiro atoms. The fraction of sp³-hybridized carbons (Fsp3) is 0.158. The predicted molar refractivity (Wildman–Crippen MR) is 105 cm³/mol. The number of carbonyl (C=O) groups is 1. The van der Waals surface area contributed by atoms with Crippen molar-refractivity contribution in [2.45, 2.75) is 13.0 Å². The molecule has 2 aromatic carbocycles. The van der Waals surface area contributed by atoms with Crippen LogP contribution in [0.4, 0.5) is 5.13 Å². The summed E-state index contributed by atoms with van der Waals surface area (Å²) in [6, 6.07) is 12.8. The smallest absolute Gasteiger partial charge is 0.228 e. The van der Waals surface area contributed by atoms with Crippen molar-refractivity contribution in [3.8, 4) is 5.75 Å². The van der Waals surface area contributed by atoms with E-state index in [9.17, 15) is 9.59 Å². The van der Waals surface area contributed by atoms with Gasteiger partial charge in [-0.15, -0.1) is 0 Å². The number of hydrogen-bond donors (Lipinski definition) is 1. The van der Waals surface area contributed by atoms with Gasteiger partial charge < -0.3 is 10.1 Å². The molecule has 7 nitrogen and oxygen atoms in total. The molecule has 0 radical (unpaired) electrons. The molecular formula is C19H16N4O3S. The number of anilines is 1. The highest BCUT2D eigenvalue weighted by Gasteiger charge is 2.10. The Morgan fingerprint density at radius 1 is 1.26 bits per heavy atom. The van der Waals surface area contributed by atoms with Crippen LogP contribution in [0.25, 0.3) is 21.1 Å². The number of fused-ring (bicyclic) bond motifs is 2. The SMILES string of the molecule is COc1ccc2nc(NC(=O)CCn3ncc(=O)c4ccccc43)sc2c1. The van der Waals surface area contributed by atoms with Crippen LogP contribution < -0.4 is 15.5 Å². The number of amides is 1. The second-order valence-corrected chi connectivity index (χ2v) is 6.93. The highest BCUT2D eigenvalue weighted by atomic mass is 32.1. The van der Waals surface area contributed by atoms with Crippen molar-refractivity contribution < 1.29 is 9.53 Å². The number of carbonyl (C=O) groups excluding carboxylic acids is 1. The van der Waals surface area contributed by atoms with E-state index < -0.39 is 0 Å². The molecule has 8 heteroatoms. The molecule has 1 N–H and O–H groups in total. The van der Waals surface area contributed by atoms with Gasteiger partial charge in [0.2, 0.25) is 11.3 Å². The van der Waals surface area contributed by atoms with Gasteiger partial charge in [-0.25, -0.2) is 4.98 Å². The maximum Gasteiger partial charge on any atom is 0.228 e. The fourth-order valence-electron chi connectivity index (χ4n) is 2.81. The average Bonchev–Trinajstić information content (AvgIpc) is 3.08. The molecule has 0 aliphatic heterocycles. The standard InChI is InChI=1S/C19H16N4O3S/c1-26-12-6-7-14-17(10-12)27-19(21-14)22-18(25)8-9-23-15-5-3-2-4-13(15)16(24)11-20-23/h2-7,10-11H,8-9H2,1H3,(H,21,22,25). The molecular weight excluding hydrogens is 364 g/mol. The molecule has 1 amide bonds. The topological polar surface area (TPSA) is 86.1 Å². The average molecular weight is 380 g/mol. The fourth-order valence-corrected chi connectivity index (χ4v) is 3.72. The van der Waals surface area contributed by atoms with Gasteiger partial charge in [0, 0.05) is 11.8 Å². The number of aryl methyl sites for hydroxylation is 1. The maximum atomic E-state index is 12.3. The Hall–Kier alpha value is -3.26. The molecule has 0 fully saturated rings. The van der Waals surface area contributed by atoms with E-state index in [-0.39, 0.29) is 17.8 Å². The second kappa shape index (κ2) is 7.16. The number of thiazole rings is 1. The van der Waals surface area contributed by atoms with E-state index in [0.717, 1.165) is 16.0 Å². The lowest BCUT2D eigenvalue weighted by Crippen LogP contribution is -2.17. The largest absolute Gasteiger partial charge is 0.497 e. The van der Waals surface area contributed by atoms with Gasteiger partial charge in [-0.1, -0.05) is 23.5 Å². The third kappa shape index (κ3) is 3.52. The molecule has 27 heavy (non-hydrogen) atoms. The lowest BCUT2D eigenvalue weighted by molar-refractivity contribution is -0.116. The summed E-state index contributed by atoms with van der Waals surface area (Å²) in [7, 11) is 1.61. The monoisotopic (exact) mass is 380 g/mol. The zero-order chi connectivity index (χ0) is 18.8.